The summed E-state index contributed by atoms with van der Waals surface area (Å²) >= 11 is 0. The average Bonchev–Trinajstić information content (AvgIpc) is 2.55. The molecule has 120 valence electrons. The lowest BCUT2D eigenvalue weighted by Gasteiger charge is -2.10. The second-order valence-corrected chi connectivity index (χ2v) is 4.56. The van der Waals surface area contributed by atoms with E-state index in [-0.39, 0.29) is 17.3 Å². The summed E-state index contributed by atoms with van der Waals surface area (Å²) < 4.78 is 10.4. The highest BCUT2D eigenvalue weighted by Gasteiger charge is 2.14. The Morgan fingerprint density at radius 2 is 2.04 bits per heavy atom. The smallest absolute Gasteiger partial charge is 0.273 e. The van der Waals surface area contributed by atoms with Crippen molar-refractivity contribution < 1.29 is 19.2 Å². The molecular weight excluding hydrogens is 300 g/mol. The van der Waals surface area contributed by atoms with E-state index in [1.165, 1.54) is 25.3 Å². The fourth-order valence-electron chi connectivity index (χ4n) is 1.99. The molecule has 0 fully saturated rings. The highest BCUT2D eigenvalue weighted by atomic mass is 16.6. The van der Waals surface area contributed by atoms with Crippen molar-refractivity contribution in [2.24, 2.45) is 0 Å². The number of hydrogen-bond donors (Lipinski definition) is 1. The zero-order chi connectivity index (χ0) is 16.8. The molecule has 0 saturated heterocycles. The number of ether oxygens (including phenoxy) is 2. The zero-order valence-corrected chi connectivity index (χ0v) is 12.7. The predicted octanol–water partition coefficient (Wildman–Crippen LogP) is 3.25. The average molecular weight is 316 g/mol. The van der Waals surface area contributed by atoms with E-state index in [1.54, 1.807) is 24.3 Å². The first kappa shape index (κ1) is 16.3. The topological polar surface area (TPSA) is 90.7 Å². The molecule has 0 heterocycles. The molecule has 0 aliphatic heterocycles. The summed E-state index contributed by atoms with van der Waals surface area (Å²) in [5.74, 6) is 0.447. The summed E-state index contributed by atoms with van der Waals surface area (Å²) in [7, 11) is 1.38. The van der Waals surface area contributed by atoms with Gasteiger partial charge in [-0.2, -0.15) is 0 Å². The third-order valence-electron chi connectivity index (χ3n) is 3.05. The van der Waals surface area contributed by atoms with Gasteiger partial charge < -0.3 is 14.8 Å². The molecule has 2 rings (SSSR count). The van der Waals surface area contributed by atoms with E-state index in [2.05, 4.69) is 5.32 Å². The summed E-state index contributed by atoms with van der Waals surface area (Å²) in [5.41, 5.74) is 0.652. The van der Waals surface area contributed by atoms with Crippen molar-refractivity contribution in [1.29, 1.82) is 0 Å². The summed E-state index contributed by atoms with van der Waals surface area (Å²) in [6, 6.07) is 10.7. The predicted molar refractivity (Wildman–Crippen MR) is 85.2 cm³/mol. The number of hydrogen-bond acceptors (Lipinski definition) is 5. The Balaban J connectivity index is 2.23. The molecule has 0 aliphatic carbocycles. The van der Waals surface area contributed by atoms with Crippen LogP contribution in [0.25, 0.3) is 0 Å². The minimum Gasteiger partial charge on any atom is -0.494 e. The molecule has 7 heteroatoms. The Hall–Kier alpha value is -3.09. The van der Waals surface area contributed by atoms with E-state index in [0.29, 0.717) is 23.6 Å². The van der Waals surface area contributed by atoms with Gasteiger partial charge >= 0.3 is 0 Å². The lowest BCUT2D eigenvalue weighted by molar-refractivity contribution is -0.384. The maximum Gasteiger partial charge on any atom is 0.273 e. The van der Waals surface area contributed by atoms with Crippen LogP contribution in [0.5, 0.6) is 11.5 Å². The summed E-state index contributed by atoms with van der Waals surface area (Å²) in [5, 5.41) is 13.4. The molecule has 2 aromatic carbocycles. The van der Waals surface area contributed by atoms with Crippen LogP contribution in [0.15, 0.2) is 42.5 Å². The minimum absolute atomic E-state index is 0.113. The highest BCUT2D eigenvalue weighted by Crippen LogP contribution is 2.29. The van der Waals surface area contributed by atoms with E-state index >= 15 is 0 Å². The van der Waals surface area contributed by atoms with Crippen molar-refractivity contribution in [3.05, 3.63) is 58.1 Å². The molecule has 0 aliphatic rings. The Bertz CT molecular complexity index is 730. The molecule has 0 radical (unpaired) electrons. The number of carbonyl (C=O) groups is 1. The molecule has 1 amide bonds. The molecular formula is C16H16N2O5. The number of methoxy groups -OCH3 is 1. The SMILES string of the molecule is CCOc1cccc(C(=O)Nc2ccc([N+](=O)[O-])cc2OC)c1. The lowest BCUT2D eigenvalue weighted by Crippen LogP contribution is -2.13. The maximum atomic E-state index is 12.3. The van der Waals surface area contributed by atoms with Gasteiger partial charge in [0.05, 0.1) is 30.4 Å². The van der Waals surface area contributed by atoms with Crippen LogP contribution < -0.4 is 14.8 Å². The maximum absolute atomic E-state index is 12.3. The summed E-state index contributed by atoms with van der Waals surface area (Å²) in [4.78, 5) is 22.5. The van der Waals surface area contributed by atoms with E-state index in [0.717, 1.165) is 0 Å². The number of amides is 1. The van der Waals surface area contributed by atoms with Gasteiger partial charge in [-0.15, -0.1) is 0 Å². The van der Waals surface area contributed by atoms with Crippen LogP contribution in [0, 0.1) is 10.1 Å². The number of carbonyl (C=O) groups excluding carboxylic acids is 1. The van der Waals surface area contributed by atoms with E-state index in [1.807, 2.05) is 6.92 Å². The van der Waals surface area contributed by atoms with Crippen LogP contribution in [-0.4, -0.2) is 24.5 Å². The van der Waals surface area contributed by atoms with E-state index in [9.17, 15) is 14.9 Å². The Labute approximate surface area is 133 Å². The number of non-ortho nitro benzene ring substituents is 1. The highest BCUT2D eigenvalue weighted by molar-refractivity contribution is 6.05. The molecule has 7 nitrogen and oxygen atoms in total. The van der Waals surface area contributed by atoms with Crippen molar-refractivity contribution >= 4 is 17.3 Å². The Kier molecular flexibility index (Phi) is 5.14. The molecule has 0 spiro atoms. The van der Waals surface area contributed by atoms with Crippen LogP contribution in [0.2, 0.25) is 0 Å². The number of nitrogens with zero attached hydrogens (tertiary/aromatic N) is 1. The number of nitro benzene ring substituents is 1. The van der Waals surface area contributed by atoms with Gasteiger partial charge in [-0.05, 0) is 31.2 Å². The van der Waals surface area contributed by atoms with Crippen molar-refractivity contribution in [3.8, 4) is 11.5 Å². The first-order valence-corrected chi connectivity index (χ1v) is 6.91. The van der Waals surface area contributed by atoms with Crippen molar-refractivity contribution in [2.45, 2.75) is 6.92 Å². The quantitative estimate of drug-likeness (QED) is 0.652. The van der Waals surface area contributed by atoms with Crippen LogP contribution in [0.4, 0.5) is 11.4 Å². The summed E-state index contributed by atoms with van der Waals surface area (Å²) in [6.07, 6.45) is 0. The summed E-state index contributed by atoms with van der Waals surface area (Å²) in [6.45, 7) is 2.36. The van der Waals surface area contributed by atoms with Gasteiger partial charge in [0.15, 0.2) is 0 Å². The first-order valence-electron chi connectivity index (χ1n) is 6.91. The third-order valence-corrected chi connectivity index (χ3v) is 3.05. The van der Waals surface area contributed by atoms with Crippen molar-refractivity contribution in [2.75, 3.05) is 19.0 Å². The fraction of sp³-hybridized carbons (Fsp3) is 0.188. The van der Waals surface area contributed by atoms with Gasteiger partial charge in [0.2, 0.25) is 0 Å². The molecule has 0 atom stereocenters. The monoisotopic (exact) mass is 316 g/mol. The van der Waals surface area contributed by atoms with Crippen LogP contribution in [0.3, 0.4) is 0 Å². The molecule has 23 heavy (non-hydrogen) atoms. The van der Waals surface area contributed by atoms with Gasteiger partial charge in [0.25, 0.3) is 11.6 Å². The second-order valence-electron chi connectivity index (χ2n) is 4.56. The lowest BCUT2D eigenvalue weighted by atomic mass is 10.2. The van der Waals surface area contributed by atoms with Crippen molar-refractivity contribution in [3.63, 3.8) is 0 Å². The minimum atomic E-state index is -0.528. The Morgan fingerprint density at radius 1 is 1.26 bits per heavy atom. The number of rotatable bonds is 6. The molecule has 2 aromatic rings. The standard InChI is InChI=1S/C16H16N2O5/c1-3-23-13-6-4-5-11(9-13)16(19)17-14-8-7-12(18(20)21)10-15(14)22-2/h4-10H,3H2,1-2H3,(H,17,19). The number of nitro groups is 1. The van der Waals surface area contributed by atoms with Gasteiger partial charge in [-0.3, -0.25) is 14.9 Å². The normalized spacial score (nSPS) is 10.0. The Morgan fingerprint density at radius 3 is 2.70 bits per heavy atom. The van der Waals surface area contributed by atoms with Crippen LogP contribution in [-0.2, 0) is 0 Å². The number of anilines is 1. The van der Waals surface area contributed by atoms with Gasteiger partial charge in [0.1, 0.15) is 11.5 Å². The third kappa shape index (κ3) is 3.97. The van der Waals surface area contributed by atoms with Crippen LogP contribution >= 0.6 is 0 Å². The molecule has 0 saturated carbocycles. The molecule has 1 N–H and O–H groups in total. The number of nitrogens with one attached hydrogen (secondary N) is 1. The van der Waals surface area contributed by atoms with Gasteiger partial charge in [-0.1, -0.05) is 6.07 Å². The number of benzene rings is 2. The first-order chi connectivity index (χ1) is 11.0. The molecule has 0 bridgehead atoms. The second kappa shape index (κ2) is 7.26. The van der Waals surface area contributed by atoms with Crippen LogP contribution in [0.1, 0.15) is 17.3 Å². The zero-order valence-electron chi connectivity index (χ0n) is 12.7. The van der Waals surface area contributed by atoms with E-state index in [4.69, 9.17) is 9.47 Å². The fourth-order valence-corrected chi connectivity index (χ4v) is 1.99. The van der Waals surface area contributed by atoms with E-state index < -0.39 is 4.92 Å². The van der Waals surface area contributed by atoms with Gasteiger partial charge in [0, 0.05) is 11.6 Å². The molecule has 0 unspecified atom stereocenters. The molecule has 0 aromatic heterocycles. The van der Waals surface area contributed by atoms with Crippen molar-refractivity contribution in [1.82, 2.24) is 0 Å². The largest absolute Gasteiger partial charge is 0.494 e. The van der Waals surface area contributed by atoms with Gasteiger partial charge in [-0.25, -0.2) is 0 Å².